The van der Waals surface area contributed by atoms with Crippen molar-refractivity contribution in [3.8, 4) is 0 Å². The molecule has 15 nitrogen and oxygen atoms in total. The third-order valence-corrected chi connectivity index (χ3v) is 6.75. The molecular weight excluding hydrogens is 545 g/mol. The Labute approximate surface area is 217 Å². The van der Waals surface area contributed by atoms with E-state index in [4.69, 9.17) is 23.2 Å². The van der Waals surface area contributed by atoms with E-state index in [-0.39, 0.29) is 5.96 Å². The number of nitrogens with zero attached hydrogens (tertiary/aromatic N) is 10. The fraction of sp³-hybridized carbons (Fsp3) is 0.500. The van der Waals surface area contributed by atoms with E-state index in [1.807, 2.05) is 16.8 Å². The molecule has 0 aromatic carbocycles. The zero-order valence-corrected chi connectivity index (χ0v) is 21.7. The molecule has 0 radical (unpaired) electrons. The molecule has 0 spiro atoms. The van der Waals surface area contributed by atoms with E-state index in [0.717, 1.165) is 9.75 Å². The van der Waals surface area contributed by atoms with Gasteiger partial charge >= 0.3 is 0 Å². The van der Waals surface area contributed by atoms with Crippen LogP contribution in [0.4, 0.5) is 0 Å². The first-order chi connectivity index (χ1) is 16.6. The van der Waals surface area contributed by atoms with Crippen molar-refractivity contribution in [2.24, 2.45) is 10.2 Å². The molecular formula is C16H21Cl2N11O4S2. The van der Waals surface area contributed by atoms with Crippen LogP contribution in [0.15, 0.2) is 22.6 Å². The summed E-state index contributed by atoms with van der Waals surface area (Å²) < 4.78 is 0.927. The van der Waals surface area contributed by atoms with Gasteiger partial charge in [0.15, 0.2) is 19.0 Å². The fourth-order valence-electron chi connectivity index (χ4n) is 3.34. The lowest BCUT2D eigenvalue weighted by Gasteiger charge is -2.39. The zero-order valence-electron chi connectivity index (χ0n) is 18.6. The van der Waals surface area contributed by atoms with E-state index in [9.17, 15) is 20.2 Å². The van der Waals surface area contributed by atoms with Gasteiger partial charge in [0.2, 0.25) is 0 Å². The Morgan fingerprint density at radius 1 is 1.00 bits per heavy atom. The summed E-state index contributed by atoms with van der Waals surface area (Å²) in [6.45, 7) is 3.51. The minimum Gasteiger partial charge on any atom is -0.349 e. The Kier molecular flexibility index (Phi) is 9.33. The highest BCUT2D eigenvalue weighted by molar-refractivity contribution is 7.16. The van der Waals surface area contributed by atoms with E-state index in [1.54, 1.807) is 29.2 Å². The largest absolute Gasteiger partial charge is 0.349 e. The van der Waals surface area contributed by atoms with Gasteiger partial charge in [-0.2, -0.15) is 0 Å². The van der Waals surface area contributed by atoms with Crippen LogP contribution in [0.1, 0.15) is 9.75 Å². The maximum absolute atomic E-state index is 10.6. The topological polar surface area (TPSA) is 162 Å². The van der Waals surface area contributed by atoms with Gasteiger partial charge in [-0.3, -0.25) is 4.90 Å². The van der Waals surface area contributed by atoms with Crippen LogP contribution in [-0.2, 0) is 13.1 Å². The monoisotopic (exact) mass is 565 g/mol. The minimum atomic E-state index is -0.708. The average molecular weight is 566 g/mol. The van der Waals surface area contributed by atoms with Gasteiger partial charge in [-0.15, -0.1) is 22.7 Å². The lowest BCUT2D eigenvalue weighted by atomic mass is 10.4. The number of hydrogen-bond donors (Lipinski definition) is 1. The highest BCUT2D eigenvalue weighted by Gasteiger charge is 2.27. The van der Waals surface area contributed by atoms with Crippen LogP contribution in [0, 0.1) is 20.2 Å². The number of thiazole rings is 2. The van der Waals surface area contributed by atoms with Crippen molar-refractivity contribution < 1.29 is 10.1 Å². The normalized spacial score (nSPS) is 18.6. The maximum Gasteiger partial charge on any atom is 0.276 e. The Hall–Kier alpha value is -2.86. The van der Waals surface area contributed by atoms with Crippen molar-refractivity contribution in [3.05, 3.63) is 51.3 Å². The van der Waals surface area contributed by atoms with Crippen LogP contribution in [0.25, 0.3) is 0 Å². The number of halogens is 2. The van der Waals surface area contributed by atoms with Crippen LogP contribution in [-0.4, -0.2) is 92.1 Å². The molecule has 35 heavy (non-hydrogen) atoms. The first-order valence-corrected chi connectivity index (χ1v) is 12.3. The van der Waals surface area contributed by atoms with Crippen LogP contribution in [0.5, 0.6) is 0 Å². The standard InChI is InChI=1S/C9H13ClN6O2S.C7H8ClN5O2S/c1-13-5-14(2)9(12-16(17)18)15(6-13)4-7-3-11-8(10)19-7;8-6-10-3-5(16-6)4-12-2-1-9-7(12)11-13(14)15/h3H,4-6H2,1-2H3;3H,1-2,4H2,(H,9,11)/b12-9+;. The van der Waals surface area contributed by atoms with Crippen LogP contribution in [0.2, 0.25) is 8.93 Å². The summed E-state index contributed by atoms with van der Waals surface area (Å²) in [6, 6.07) is 0. The molecule has 0 aliphatic carbocycles. The molecule has 1 N–H and O–H groups in total. The summed E-state index contributed by atoms with van der Waals surface area (Å²) in [5.41, 5.74) is 0. The first-order valence-electron chi connectivity index (χ1n) is 9.90. The maximum atomic E-state index is 10.6. The summed E-state index contributed by atoms with van der Waals surface area (Å²) in [6.07, 6.45) is 3.33. The lowest BCUT2D eigenvalue weighted by molar-refractivity contribution is -0.486. The van der Waals surface area contributed by atoms with Crippen molar-refractivity contribution in [3.63, 3.8) is 0 Å². The summed E-state index contributed by atoms with van der Waals surface area (Å²) in [7, 11) is 3.71. The summed E-state index contributed by atoms with van der Waals surface area (Å²) in [5, 5.41) is 29.1. The van der Waals surface area contributed by atoms with Crippen molar-refractivity contribution in [1.82, 2.24) is 34.9 Å². The number of rotatable bonds is 6. The average Bonchev–Trinajstić information content (AvgIpc) is 3.48. The Balaban J connectivity index is 0.000000198. The van der Waals surface area contributed by atoms with Gasteiger partial charge in [0, 0.05) is 42.3 Å². The zero-order chi connectivity index (χ0) is 25.5. The lowest BCUT2D eigenvalue weighted by Crippen LogP contribution is -2.55. The first kappa shape index (κ1) is 26.7. The molecule has 2 aromatic rings. The molecule has 2 saturated heterocycles. The molecule has 2 fully saturated rings. The van der Waals surface area contributed by atoms with Crippen LogP contribution < -0.4 is 5.32 Å². The number of nitro groups is 2. The smallest absolute Gasteiger partial charge is 0.276 e. The Morgan fingerprint density at radius 2 is 1.57 bits per heavy atom. The molecule has 190 valence electrons. The molecule has 0 amide bonds. The molecule has 2 aliphatic rings. The number of aromatic nitrogens is 2. The second-order valence-corrected chi connectivity index (χ2v) is 10.7. The van der Waals surface area contributed by atoms with Crippen LogP contribution >= 0.6 is 45.9 Å². The van der Waals surface area contributed by atoms with E-state index < -0.39 is 10.1 Å². The van der Waals surface area contributed by atoms with Gasteiger partial charge in [-0.25, -0.2) is 30.2 Å². The van der Waals surface area contributed by atoms with Gasteiger partial charge in [0.1, 0.15) is 10.2 Å². The molecule has 2 aliphatic heterocycles. The quantitative estimate of drug-likeness (QED) is 0.400. The SMILES string of the molecule is CN1CN(C)/C(=N\[N+](=O)[O-])N(Cc2cnc(Cl)s2)C1.O=[N+]([O-])/N=C1\NCCN1Cc1cnc(Cl)s1. The number of guanidine groups is 2. The number of hydrazone groups is 2. The molecule has 0 unspecified atom stereocenters. The molecule has 0 saturated carbocycles. The van der Waals surface area contributed by atoms with Gasteiger partial charge in [-0.05, 0) is 7.05 Å². The van der Waals surface area contributed by atoms with Gasteiger partial charge in [0.25, 0.3) is 11.9 Å². The molecule has 0 atom stereocenters. The van der Waals surface area contributed by atoms with Crippen molar-refractivity contribution in [2.45, 2.75) is 13.1 Å². The van der Waals surface area contributed by atoms with Gasteiger partial charge < -0.3 is 20.0 Å². The fourth-order valence-corrected chi connectivity index (χ4v) is 5.33. The predicted molar refractivity (Wildman–Crippen MR) is 132 cm³/mol. The van der Waals surface area contributed by atoms with Crippen molar-refractivity contribution in [1.29, 1.82) is 0 Å². The highest BCUT2D eigenvalue weighted by atomic mass is 35.5. The third kappa shape index (κ3) is 8.10. The van der Waals surface area contributed by atoms with Crippen molar-refractivity contribution in [2.75, 3.05) is 40.5 Å². The number of nitrogens with one attached hydrogen (secondary N) is 1. The van der Waals surface area contributed by atoms with E-state index in [0.29, 0.717) is 54.4 Å². The van der Waals surface area contributed by atoms with Gasteiger partial charge in [-0.1, -0.05) is 23.2 Å². The Morgan fingerprint density at radius 3 is 2.09 bits per heavy atom. The summed E-state index contributed by atoms with van der Waals surface area (Å²) in [5.74, 6) is 0.627. The summed E-state index contributed by atoms with van der Waals surface area (Å²) in [4.78, 5) is 38.0. The molecule has 0 bridgehead atoms. The highest BCUT2D eigenvalue weighted by Crippen LogP contribution is 2.21. The second-order valence-electron chi connectivity index (χ2n) is 7.34. The third-order valence-electron chi connectivity index (χ3n) is 4.55. The van der Waals surface area contributed by atoms with E-state index >= 15 is 0 Å². The molecule has 19 heteroatoms. The number of hydrogen-bond acceptors (Lipinski definition) is 9. The predicted octanol–water partition coefficient (Wildman–Crippen LogP) is 1.69. The van der Waals surface area contributed by atoms with Crippen molar-refractivity contribution >= 4 is 57.8 Å². The molecule has 4 rings (SSSR count). The van der Waals surface area contributed by atoms with E-state index in [2.05, 4.69) is 25.5 Å². The second kappa shape index (κ2) is 12.2. The summed E-state index contributed by atoms with van der Waals surface area (Å²) >= 11 is 14.2. The van der Waals surface area contributed by atoms with Gasteiger partial charge in [0.05, 0.1) is 26.4 Å². The Bertz CT molecular complexity index is 1110. The minimum absolute atomic E-state index is 0.287. The van der Waals surface area contributed by atoms with Crippen LogP contribution in [0.3, 0.4) is 0 Å². The van der Waals surface area contributed by atoms with E-state index in [1.165, 1.54) is 22.7 Å². The molecule has 2 aromatic heterocycles. The molecule has 4 heterocycles.